The Kier molecular flexibility index (Phi) is 7.03. The maximum absolute atomic E-state index is 12.9. The summed E-state index contributed by atoms with van der Waals surface area (Å²) in [5.41, 5.74) is 2.55. The minimum absolute atomic E-state index is 0.142. The highest BCUT2D eigenvalue weighted by atomic mass is 32.2. The first-order chi connectivity index (χ1) is 17.1. The molecule has 180 valence electrons. The first kappa shape index (κ1) is 23.8. The van der Waals surface area contributed by atoms with Crippen LogP contribution in [0.1, 0.15) is 33.6 Å². The van der Waals surface area contributed by atoms with Crippen LogP contribution in [0.15, 0.2) is 47.5 Å². The smallest absolute Gasteiger partial charge is 0.341 e. The quantitative estimate of drug-likeness (QED) is 0.178. The number of thiophene rings is 2. The van der Waals surface area contributed by atoms with Crippen molar-refractivity contribution in [2.24, 2.45) is 0 Å². The Balaban J connectivity index is 1.35. The summed E-state index contributed by atoms with van der Waals surface area (Å²) >= 11 is 4.46. The van der Waals surface area contributed by atoms with Gasteiger partial charge in [-0.25, -0.2) is 4.79 Å². The number of aromatic nitrogens is 3. The standard InChI is InChI=1S/C25H24N4O3S3/c1-3-12-29-22(17-13-33-18-10-6-4-8-15(17)18)27-28-25(29)34-14-20(30)26-23-21(24(31)32-2)16-9-5-7-11-19(16)35-23/h3-4,6,8,10,13H,1,5,7,9,11-12,14H2,2H3,(H,26,30). The van der Waals surface area contributed by atoms with Crippen LogP contribution in [0.3, 0.4) is 0 Å². The largest absolute Gasteiger partial charge is 0.465 e. The Bertz CT molecular complexity index is 1420. The Morgan fingerprint density at radius 3 is 2.91 bits per heavy atom. The van der Waals surface area contributed by atoms with E-state index < -0.39 is 5.97 Å². The predicted molar refractivity (Wildman–Crippen MR) is 143 cm³/mol. The molecule has 0 bridgehead atoms. The van der Waals surface area contributed by atoms with Crippen molar-refractivity contribution in [3.63, 3.8) is 0 Å². The minimum atomic E-state index is -0.397. The molecule has 7 nitrogen and oxygen atoms in total. The monoisotopic (exact) mass is 524 g/mol. The molecule has 0 saturated carbocycles. The van der Waals surface area contributed by atoms with Gasteiger partial charge in [-0.1, -0.05) is 36.0 Å². The third kappa shape index (κ3) is 4.65. The number of aryl methyl sites for hydroxylation is 1. The number of ether oxygens (including phenoxy) is 1. The van der Waals surface area contributed by atoms with Crippen molar-refractivity contribution in [1.82, 2.24) is 14.8 Å². The van der Waals surface area contributed by atoms with Gasteiger partial charge in [0.1, 0.15) is 5.00 Å². The summed E-state index contributed by atoms with van der Waals surface area (Å²) < 4.78 is 8.16. The molecule has 0 saturated heterocycles. The van der Waals surface area contributed by atoms with Crippen molar-refractivity contribution in [2.75, 3.05) is 18.2 Å². The van der Waals surface area contributed by atoms with E-state index in [0.717, 1.165) is 52.9 Å². The molecule has 1 aliphatic carbocycles. The van der Waals surface area contributed by atoms with Gasteiger partial charge < -0.3 is 10.1 Å². The summed E-state index contributed by atoms with van der Waals surface area (Å²) in [6, 6.07) is 8.20. The van der Waals surface area contributed by atoms with Crippen molar-refractivity contribution in [3.8, 4) is 11.4 Å². The number of carbonyl (C=O) groups is 2. The van der Waals surface area contributed by atoms with Crippen molar-refractivity contribution in [2.45, 2.75) is 37.4 Å². The van der Waals surface area contributed by atoms with Crippen LogP contribution in [0.5, 0.6) is 0 Å². The number of nitrogens with one attached hydrogen (secondary N) is 1. The van der Waals surface area contributed by atoms with Gasteiger partial charge in [-0.3, -0.25) is 9.36 Å². The van der Waals surface area contributed by atoms with Gasteiger partial charge in [-0.15, -0.1) is 39.4 Å². The van der Waals surface area contributed by atoms with E-state index in [2.05, 4.69) is 39.6 Å². The molecule has 4 aromatic rings. The van der Waals surface area contributed by atoms with E-state index in [1.54, 1.807) is 17.4 Å². The summed E-state index contributed by atoms with van der Waals surface area (Å²) in [5, 5.41) is 16.2. The number of hydrogen-bond acceptors (Lipinski definition) is 8. The summed E-state index contributed by atoms with van der Waals surface area (Å²) in [6.07, 6.45) is 5.70. The van der Waals surface area contributed by atoms with Gasteiger partial charge in [-0.05, 0) is 37.3 Å². The van der Waals surface area contributed by atoms with E-state index in [1.165, 1.54) is 34.9 Å². The number of rotatable bonds is 8. The number of methoxy groups -OCH3 is 1. The van der Waals surface area contributed by atoms with E-state index in [1.807, 2.05) is 16.7 Å². The molecule has 0 atom stereocenters. The molecular weight excluding hydrogens is 501 g/mol. The zero-order chi connectivity index (χ0) is 24.4. The van der Waals surface area contributed by atoms with Crippen LogP contribution in [0.2, 0.25) is 0 Å². The van der Waals surface area contributed by atoms with Crippen molar-refractivity contribution in [3.05, 3.63) is 58.3 Å². The Labute approximate surface area is 215 Å². The number of anilines is 1. The maximum Gasteiger partial charge on any atom is 0.341 e. The highest BCUT2D eigenvalue weighted by Gasteiger charge is 2.27. The zero-order valence-electron chi connectivity index (χ0n) is 19.2. The number of esters is 1. The van der Waals surface area contributed by atoms with Crippen molar-refractivity contribution < 1.29 is 14.3 Å². The molecular formula is C25H24N4O3S3. The normalized spacial score (nSPS) is 12.9. The third-order valence-corrected chi connectivity index (χ3v) is 9.03. The van der Waals surface area contributed by atoms with Crippen LogP contribution in [-0.4, -0.2) is 39.5 Å². The summed E-state index contributed by atoms with van der Waals surface area (Å²) in [5.74, 6) is 0.298. The topological polar surface area (TPSA) is 86.1 Å². The number of fused-ring (bicyclic) bond motifs is 2. The van der Waals surface area contributed by atoms with Gasteiger partial charge >= 0.3 is 5.97 Å². The lowest BCUT2D eigenvalue weighted by atomic mass is 9.95. The lowest BCUT2D eigenvalue weighted by Gasteiger charge is -2.11. The maximum atomic E-state index is 12.9. The summed E-state index contributed by atoms with van der Waals surface area (Å²) in [7, 11) is 1.37. The summed E-state index contributed by atoms with van der Waals surface area (Å²) in [4.78, 5) is 26.5. The molecule has 5 rings (SSSR count). The third-order valence-electron chi connectivity index (χ3n) is 5.90. The minimum Gasteiger partial charge on any atom is -0.465 e. The number of thioether (sulfide) groups is 1. The lowest BCUT2D eigenvalue weighted by Crippen LogP contribution is -2.17. The summed E-state index contributed by atoms with van der Waals surface area (Å²) in [6.45, 7) is 4.40. The van der Waals surface area contributed by atoms with Gasteiger partial charge in [0.05, 0.1) is 18.4 Å². The van der Waals surface area contributed by atoms with Gasteiger partial charge in [0.2, 0.25) is 5.91 Å². The second kappa shape index (κ2) is 10.3. The number of allylic oxidation sites excluding steroid dienone is 1. The van der Waals surface area contributed by atoms with Crippen LogP contribution in [0, 0.1) is 0 Å². The van der Waals surface area contributed by atoms with E-state index in [0.29, 0.717) is 22.3 Å². The molecule has 0 aliphatic heterocycles. The molecule has 1 N–H and O–H groups in total. The highest BCUT2D eigenvalue weighted by molar-refractivity contribution is 7.99. The fraction of sp³-hybridized carbons (Fsp3) is 0.280. The molecule has 0 unspecified atom stereocenters. The molecule has 3 aromatic heterocycles. The SMILES string of the molecule is C=CCn1c(SCC(=O)Nc2sc3c(c2C(=O)OC)CCCC3)nnc1-c1csc2ccccc12. The molecule has 10 heteroatoms. The molecule has 0 spiro atoms. The molecule has 1 amide bonds. The first-order valence-corrected chi connectivity index (χ1v) is 13.9. The van der Waals surface area contributed by atoms with Crippen LogP contribution in [0.25, 0.3) is 21.5 Å². The van der Waals surface area contributed by atoms with Crippen LogP contribution >= 0.6 is 34.4 Å². The van der Waals surface area contributed by atoms with E-state index in [4.69, 9.17) is 4.74 Å². The first-order valence-electron chi connectivity index (χ1n) is 11.3. The Morgan fingerprint density at radius 1 is 1.26 bits per heavy atom. The Hall–Kier alpha value is -2.95. The molecule has 1 aliphatic rings. The average molecular weight is 525 g/mol. The van der Waals surface area contributed by atoms with Crippen molar-refractivity contribution in [1.29, 1.82) is 0 Å². The fourth-order valence-electron chi connectivity index (χ4n) is 4.30. The predicted octanol–water partition coefficient (Wildman–Crippen LogP) is 5.80. The second-order valence-electron chi connectivity index (χ2n) is 8.09. The van der Waals surface area contributed by atoms with Gasteiger partial charge in [0.15, 0.2) is 11.0 Å². The second-order valence-corrected chi connectivity index (χ2v) is 11.1. The van der Waals surface area contributed by atoms with Crippen LogP contribution in [0.4, 0.5) is 5.00 Å². The van der Waals surface area contributed by atoms with E-state index in [9.17, 15) is 9.59 Å². The van der Waals surface area contributed by atoms with E-state index >= 15 is 0 Å². The molecule has 1 aromatic carbocycles. The lowest BCUT2D eigenvalue weighted by molar-refractivity contribution is -0.113. The van der Waals surface area contributed by atoms with Crippen molar-refractivity contribution >= 4 is 61.4 Å². The Morgan fingerprint density at radius 2 is 2.09 bits per heavy atom. The fourth-order valence-corrected chi connectivity index (χ4v) is 7.28. The molecule has 35 heavy (non-hydrogen) atoms. The molecule has 0 radical (unpaired) electrons. The zero-order valence-corrected chi connectivity index (χ0v) is 21.7. The number of amides is 1. The number of benzene rings is 1. The van der Waals surface area contributed by atoms with E-state index in [-0.39, 0.29) is 11.7 Å². The van der Waals surface area contributed by atoms with Gasteiger partial charge in [0.25, 0.3) is 0 Å². The van der Waals surface area contributed by atoms with Gasteiger partial charge in [0, 0.05) is 32.5 Å². The van der Waals surface area contributed by atoms with Crippen LogP contribution < -0.4 is 5.32 Å². The average Bonchev–Trinajstić information content (AvgIpc) is 3.57. The number of hydrogen-bond donors (Lipinski definition) is 1. The molecule has 0 fully saturated rings. The van der Waals surface area contributed by atoms with Gasteiger partial charge in [-0.2, -0.15) is 0 Å². The molecule has 3 heterocycles. The number of carbonyl (C=O) groups excluding carboxylic acids is 2. The van der Waals surface area contributed by atoms with Crippen LogP contribution in [-0.2, 0) is 28.9 Å². The highest BCUT2D eigenvalue weighted by Crippen LogP contribution is 2.39. The number of nitrogens with zero attached hydrogens (tertiary/aromatic N) is 3.